The van der Waals surface area contributed by atoms with E-state index >= 15 is 0 Å². The summed E-state index contributed by atoms with van der Waals surface area (Å²) in [6, 6.07) is 0. The van der Waals surface area contributed by atoms with Gasteiger partial charge in [-0.1, -0.05) is 0 Å². The molecule has 2 fully saturated rings. The highest BCUT2D eigenvalue weighted by Crippen LogP contribution is 2.30. The zero-order valence-electron chi connectivity index (χ0n) is 9.59. The standard InChI is InChI=1S/C10H18O6/c1-11-5-15-7-3-13-10-8(16-6-12-2)4-14-9(7)10/h7-10H,3-6H2,1-2H3/t7-,8-,9?,10?/m1/s1. The van der Waals surface area contributed by atoms with E-state index in [1.807, 2.05) is 0 Å². The largest absolute Gasteiger partial charge is 0.370 e. The molecule has 0 spiro atoms. The second-order valence-corrected chi connectivity index (χ2v) is 3.82. The van der Waals surface area contributed by atoms with Gasteiger partial charge in [-0.05, 0) is 0 Å². The van der Waals surface area contributed by atoms with E-state index in [1.165, 1.54) is 0 Å². The van der Waals surface area contributed by atoms with E-state index in [0.29, 0.717) is 13.2 Å². The fourth-order valence-electron chi connectivity index (χ4n) is 2.03. The third-order valence-electron chi connectivity index (χ3n) is 2.76. The number of ether oxygens (including phenoxy) is 6. The minimum absolute atomic E-state index is 0.0583. The first-order valence-electron chi connectivity index (χ1n) is 5.31. The Kier molecular flexibility index (Phi) is 4.51. The van der Waals surface area contributed by atoms with Gasteiger partial charge < -0.3 is 28.4 Å². The molecule has 0 saturated carbocycles. The van der Waals surface area contributed by atoms with Crippen molar-refractivity contribution in [3.63, 3.8) is 0 Å². The zero-order valence-corrected chi connectivity index (χ0v) is 9.59. The lowest BCUT2D eigenvalue weighted by Gasteiger charge is -2.16. The molecule has 2 saturated heterocycles. The van der Waals surface area contributed by atoms with Crippen molar-refractivity contribution >= 4 is 0 Å². The summed E-state index contributed by atoms with van der Waals surface area (Å²) in [5.74, 6) is 0. The molecule has 2 aliphatic rings. The average Bonchev–Trinajstić information content (AvgIpc) is 2.86. The van der Waals surface area contributed by atoms with Crippen LogP contribution in [-0.2, 0) is 28.4 Å². The van der Waals surface area contributed by atoms with Crippen LogP contribution >= 0.6 is 0 Å². The predicted octanol–water partition coefficient (Wildman–Crippen LogP) is -0.238. The smallest absolute Gasteiger partial charge is 0.146 e. The van der Waals surface area contributed by atoms with Crippen LogP contribution in [0.15, 0.2) is 0 Å². The normalized spacial score (nSPS) is 37.9. The molecule has 6 heteroatoms. The van der Waals surface area contributed by atoms with E-state index in [2.05, 4.69) is 0 Å². The van der Waals surface area contributed by atoms with Crippen LogP contribution < -0.4 is 0 Å². The van der Waals surface area contributed by atoms with Crippen molar-refractivity contribution < 1.29 is 28.4 Å². The van der Waals surface area contributed by atoms with Crippen LogP contribution in [0.4, 0.5) is 0 Å². The first-order chi connectivity index (χ1) is 7.86. The Morgan fingerprint density at radius 1 is 0.875 bits per heavy atom. The average molecular weight is 234 g/mol. The van der Waals surface area contributed by atoms with Gasteiger partial charge in [-0.3, -0.25) is 0 Å². The number of fused-ring (bicyclic) bond motifs is 1. The Balaban J connectivity index is 1.80. The predicted molar refractivity (Wildman–Crippen MR) is 53.0 cm³/mol. The van der Waals surface area contributed by atoms with Crippen molar-refractivity contribution in [3.05, 3.63) is 0 Å². The van der Waals surface area contributed by atoms with E-state index in [-0.39, 0.29) is 38.0 Å². The van der Waals surface area contributed by atoms with Gasteiger partial charge in [0.2, 0.25) is 0 Å². The molecule has 2 aliphatic heterocycles. The molecule has 2 heterocycles. The van der Waals surface area contributed by atoms with Gasteiger partial charge in [0.1, 0.15) is 38.0 Å². The molecule has 0 N–H and O–H groups in total. The Hall–Kier alpha value is -0.240. The Labute approximate surface area is 94.7 Å². The Morgan fingerprint density at radius 3 is 1.69 bits per heavy atom. The van der Waals surface area contributed by atoms with Gasteiger partial charge in [0, 0.05) is 14.2 Å². The van der Waals surface area contributed by atoms with E-state index < -0.39 is 0 Å². The van der Waals surface area contributed by atoms with E-state index in [0.717, 1.165) is 0 Å². The molecule has 0 aromatic heterocycles. The number of methoxy groups -OCH3 is 2. The third-order valence-corrected chi connectivity index (χ3v) is 2.76. The van der Waals surface area contributed by atoms with Crippen LogP contribution in [0.5, 0.6) is 0 Å². The van der Waals surface area contributed by atoms with Gasteiger partial charge in [-0.25, -0.2) is 0 Å². The highest BCUT2D eigenvalue weighted by molar-refractivity contribution is 4.95. The van der Waals surface area contributed by atoms with Crippen molar-refractivity contribution in [2.75, 3.05) is 41.0 Å². The van der Waals surface area contributed by atoms with Gasteiger partial charge >= 0.3 is 0 Å². The molecule has 16 heavy (non-hydrogen) atoms. The molecule has 0 amide bonds. The molecular weight excluding hydrogens is 216 g/mol. The summed E-state index contributed by atoms with van der Waals surface area (Å²) >= 11 is 0. The van der Waals surface area contributed by atoms with Crippen LogP contribution in [0.1, 0.15) is 0 Å². The van der Waals surface area contributed by atoms with E-state index in [9.17, 15) is 0 Å². The molecule has 0 aliphatic carbocycles. The first kappa shape index (κ1) is 12.2. The van der Waals surface area contributed by atoms with Crippen molar-refractivity contribution in [3.8, 4) is 0 Å². The fourth-order valence-corrected chi connectivity index (χ4v) is 2.03. The van der Waals surface area contributed by atoms with Crippen LogP contribution in [-0.4, -0.2) is 65.4 Å². The molecule has 0 bridgehead atoms. The number of hydrogen-bond donors (Lipinski definition) is 0. The number of hydrogen-bond acceptors (Lipinski definition) is 6. The van der Waals surface area contributed by atoms with Crippen LogP contribution in [0, 0.1) is 0 Å². The van der Waals surface area contributed by atoms with Gasteiger partial charge in [0.25, 0.3) is 0 Å². The number of rotatable bonds is 6. The summed E-state index contributed by atoms with van der Waals surface area (Å²) in [4.78, 5) is 0. The summed E-state index contributed by atoms with van der Waals surface area (Å²) in [6.07, 6.45) is -0.254. The maximum absolute atomic E-state index is 5.61. The molecule has 94 valence electrons. The second kappa shape index (κ2) is 5.90. The van der Waals surface area contributed by atoms with E-state index in [4.69, 9.17) is 28.4 Å². The van der Waals surface area contributed by atoms with E-state index in [1.54, 1.807) is 14.2 Å². The van der Waals surface area contributed by atoms with Gasteiger partial charge in [-0.2, -0.15) is 0 Å². The molecular formula is C10H18O6. The van der Waals surface area contributed by atoms with Gasteiger partial charge in [0.05, 0.1) is 13.2 Å². The lowest BCUT2D eigenvalue weighted by Crippen LogP contribution is -2.34. The van der Waals surface area contributed by atoms with Crippen molar-refractivity contribution in [1.29, 1.82) is 0 Å². The third kappa shape index (κ3) is 2.53. The summed E-state index contributed by atoms with van der Waals surface area (Å²) < 4.78 is 31.9. The van der Waals surface area contributed by atoms with Crippen molar-refractivity contribution in [1.82, 2.24) is 0 Å². The molecule has 2 unspecified atom stereocenters. The summed E-state index contributed by atoms with van der Waals surface area (Å²) in [5, 5.41) is 0. The molecule has 4 atom stereocenters. The minimum Gasteiger partial charge on any atom is -0.370 e. The van der Waals surface area contributed by atoms with Gasteiger partial charge in [-0.15, -0.1) is 0 Å². The lowest BCUT2D eigenvalue weighted by molar-refractivity contribution is -0.118. The highest BCUT2D eigenvalue weighted by Gasteiger charge is 2.48. The van der Waals surface area contributed by atoms with Crippen molar-refractivity contribution in [2.24, 2.45) is 0 Å². The molecule has 6 nitrogen and oxygen atoms in total. The molecule has 0 radical (unpaired) electrons. The Morgan fingerprint density at radius 2 is 1.31 bits per heavy atom. The fraction of sp³-hybridized carbons (Fsp3) is 1.00. The molecule has 0 aromatic rings. The lowest BCUT2D eigenvalue weighted by atomic mass is 10.1. The Bertz CT molecular complexity index is 189. The topological polar surface area (TPSA) is 55.4 Å². The molecule has 2 rings (SSSR count). The minimum atomic E-state index is -0.0684. The van der Waals surface area contributed by atoms with Crippen molar-refractivity contribution in [2.45, 2.75) is 24.4 Å². The maximum Gasteiger partial charge on any atom is 0.146 e. The molecule has 0 aromatic carbocycles. The monoisotopic (exact) mass is 234 g/mol. The summed E-state index contributed by atoms with van der Waals surface area (Å²) in [5.41, 5.74) is 0. The second-order valence-electron chi connectivity index (χ2n) is 3.82. The SMILES string of the molecule is COCO[C@@H]1COC2C1OC[C@H]2OCOC. The summed E-state index contributed by atoms with van der Waals surface area (Å²) in [6.45, 7) is 1.55. The maximum atomic E-state index is 5.61. The zero-order chi connectivity index (χ0) is 11.4. The van der Waals surface area contributed by atoms with Crippen LogP contribution in [0.2, 0.25) is 0 Å². The quantitative estimate of drug-likeness (QED) is 0.591. The summed E-state index contributed by atoms with van der Waals surface area (Å²) in [7, 11) is 3.18. The van der Waals surface area contributed by atoms with Gasteiger partial charge in [0.15, 0.2) is 0 Å². The van der Waals surface area contributed by atoms with Crippen LogP contribution in [0.25, 0.3) is 0 Å². The highest BCUT2D eigenvalue weighted by atomic mass is 16.7. The van der Waals surface area contributed by atoms with Crippen LogP contribution in [0.3, 0.4) is 0 Å². The first-order valence-corrected chi connectivity index (χ1v) is 5.31.